The summed E-state index contributed by atoms with van der Waals surface area (Å²) in [6.07, 6.45) is 0.445. The first-order valence-corrected chi connectivity index (χ1v) is 8.06. The summed E-state index contributed by atoms with van der Waals surface area (Å²) in [5, 5.41) is 0. The minimum atomic E-state index is 0.157. The minimum absolute atomic E-state index is 0.157. The molecule has 1 aromatic rings. The third kappa shape index (κ3) is 3.04. The van der Waals surface area contributed by atoms with Gasteiger partial charge in [-0.2, -0.15) is 0 Å². The van der Waals surface area contributed by atoms with Crippen LogP contribution in [0.4, 0.5) is 0 Å². The van der Waals surface area contributed by atoms with Gasteiger partial charge in [0, 0.05) is 25.7 Å². The molecule has 0 aromatic heterocycles. The Balaban J connectivity index is 1.88. The van der Waals surface area contributed by atoms with Crippen molar-refractivity contribution < 1.29 is 14.2 Å². The fourth-order valence-corrected chi connectivity index (χ4v) is 3.72. The highest BCUT2D eigenvalue weighted by Crippen LogP contribution is 2.42. The zero-order valence-electron chi connectivity index (χ0n) is 12.3. The number of fused-ring (bicyclic) bond motifs is 1. The van der Waals surface area contributed by atoms with Gasteiger partial charge in [0.1, 0.15) is 0 Å². The molecule has 2 heterocycles. The van der Waals surface area contributed by atoms with E-state index in [0.29, 0.717) is 6.54 Å². The Kier molecular flexibility index (Phi) is 4.40. The van der Waals surface area contributed by atoms with Crippen molar-refractivity contribution in [2.24, 2.45) is 5.73 Å². The number of halogens is 1. The number of nitrogens with zero attached hydrogens (tertiary/aromatic N) is 1. The number of rotatable bonds is 3. The van der Waals surface area contributed by atoms with Crippen LogP contribution in [0.5, 0.6) is 11.5 Å². The maximum Gasteiger partial charge on any atom is 0.231 e. The Labute approximate surface area is 133 Å². The van der Waals surface area contributed by atoms with Crippen molar-refractivity contribution in [3.63, 3.8) is 0 Å². The Bertz CT molecular complexity index is 516. The van der Waals surface area contributed by atoms with Crippen molar-refractivity contribution in [1.29, 1.82) is 0 Å². The molecule has 1 fully saturated rings. The highest BCUT2D eigenvalue weighted by molar-refractivity contribution is 9.10. The lowest BCUT2D eigenvalue weighted by Gasteiger charge is -2.40. The van der Waals surface area contributed by atoms with E-state index < -0.39 is 0 Å². The van der Waals surface area contributed by atoms with Crippen LogP contribution in [0.25, 0.3) is 0 Å². The summed E-state index contributed by atoms with van der Waals surface area (Å²) in [6, 6.07) is 4.27. The van der Waals surface area contributed by atoms with E-state index in [1.165, 1.54) is 0 Å². The van der Waals surface area contributed by atoms with Crippen LogP contribution in [0.1, 0.15) is 25.5 Å². The molecule has 0 aliphatic carbocycles. The molecule has 1 aromatic carbocycles. The Morgan fingerprint density at radius 2 is 2.00 bits per heavy atom. The zero-order valence-corrected chi connectivity index (χ0v) is 13.9. The van der Waals surface area contributed by atoms with Gasteiger partial charge in [0.15, 0.2) is 11.5 Å². The van der Waals surface area contributed by atoms with Gasteiger partial charge in [-0.3, -0.25) is 4.90 Å². The number of ether oxygens (including phenoxy) is 3. The summed E-state index contributed by atoms with van der Waals surface area (Å²) in [4.78, 5) is 2.39. The smallest absolute Gasteiger partial charge is 0.231 e. The van der Waals surface area contributed by atoms with Gasteiger partial charge < -0.3 is 19.9 Å². The van der Waals surface area contributed by atoms with Crippen LogP contribution in [-0.2, 0) is 4.74 Å². The number of hydrogen-bond acceptors (Lipinski definition) is 5. The van der Waals surface area contributed by atoms with E-state index >= 15 is 0 Å². The van der Waals surface area contributed by atoms with Crippen molar-refractivity contribution in [3.8, 4) is 11.5 Å². The maximum atomic E-state index is 6.05. The average molecular weight is 357 g/mol. The molecule has 21 heavy (non-hydrogen) atoms. The molecule has 1 unspecified atom stereocenters. The van der Waals surface area contributed by atoms with Crippen molar-refractivity contribution in [2.75, 3.05) is 26.4 Å². The number of morpholine rings is 1. The zero-order chi connectivity index (χ0) is 15.0. The van der Waals surface area contributed by atoms with E-state index in [1.807, 2.05) is 6.07 Å². The lowest BCUT2D eigenvalue weighted by molar-refractivity contribution is -0.0799. The van der Waals surface area contributed by atoms with Crippen LogP contribution in [0.15, 0.2) is 16.6 Å². The monoisotopic (exact) mass is 356 g/mol. The molecule has 2 aliphatic rings. The van der Waals surface area contributed by atoms with Gasteiger partial charge in [0.25, 0.3) is 0 Å². The number of hydrogen-bond donors (Lipinski definition) is 1. The van der Waals surface area contributed by atoms with Crippen molar-refractivity contribution in [3.05, 3.63) is 22.2 Å². The quantitative estimate of drug-likeness (QED) is 0.900. The van der Waals surface area contributed by atoms with Gasteiger partial charge in [0.2, 0.25) is 6.79 Å². The second-order valence-corrected chi connectivity index (χ2v) is 6.55. The summed E-state index contributed by atoms with van der Waals surface area (Å²) < 4.78 is 17.7. The molecule has 116 valence electrons. The molecule has 0 bridgehead atoms. The third-order valence-corrected chi connectivity index (χ3v) is 4.54. The van der Waals surface area contributed by atoms with E-state index in [2.05, 4.69) is 40.7 Å². The van der Waals surface area contributed by atoms with E-state index in [0.717, 1.165) is 34.6 Å². The fourth-order valence-electron chi connectivity index (χ4n) is 3.15. The molecule has 6 heteroatoms. The van der Waals surface area contributed by atoms with Crippen LogP contribution < -0.4 is 15.2 Å². The van der Waals surface area contributed by atoms with E-state index in [1.54, 1.807) is 0 Å². The molecule has 0 radical (unpaired) electrons. The molecule has 2 N–H and O–H groups in total. The third-order valence-electron chi connectivity index (χ3n) is 3.95. The number of nitrogens with two attached hydrogens (primary N) is 1. The Morgan fingerprint density at radius 1 is 1.29 bits per heavy atom. The second-order valence-electron chi connectivity index (χ2n) is 5.70. The van der Waals surface area contributed by atoms with Gasteiger partial charge >= 0.3 is 0 Å². The molecule has 0 saturated carbocycles. The predicted octanol–water partition coefficient (Wildman–Crippen LogP) is 2.29. The minimum Gasteiger partial charge on any atom is -0.454 e. The molecular formula is C15H21BrN2O3. The second kappa shape index (κ2) is 6.12. The molecule has 0 spiro atoms. The van der Waals surface area contributed by atoms with E-state index in [9.17, 15) is 0 Å². The summed E-state index contributed by atoms with van der Waals surface area (Å²) in [6.45, 7) is 6.82. The molecule has 0 amide bonds. The summed E-state index contributed by atoms with van der Waals surface area (Å²) in [5.74, 6) is 1.56. The van der Waals surface area contributed by atoms with Crippen LogP contribution in [0.2, 0.25) is 0 Å². The molecular weight excluding hydrogens is 336 g/mol. The van der Waals surface area contributed by atoms with Crippen LogP contribution in [0.3, 0.4) is 0 Å². The molecule has 3 atom stereocenters. The normalized spacial score (nSPS) is 26.9. The van der Waals surface area contributed by atoms with Gasteiger partial charge in [-0.15, -0.1) is 0 Å². The molecule has 1 saturated heterocycles. The number of benzene rings is 1. The summed E-state index contributed by atoms with van der Waals surface area (Å²) >= 11 is 3.55. The topological polar surface area (TPSA) is 57.0 Å². The standard InChI is InChI=1S/C15H21BrN2O3/c1-9-6-18(7-10(2)21-9)13(5-17)11-3-12(16)15-14(4-11)19-8-20-15/h3-4,9-10,13H,5-8,17H2,1-2H3/t9-,10+,13?. The molecule has 2 aliphatic heterocycles. The van der Waals surface area contributed by atoms with E-state index in [-0.39, 0.29) is 25.0 Å². The maximum absolute atomic E-state index is 6.05. The molecule has 3 rings (SSSR count). The van der Waals surface area contributed by atoms with Crippen LogP contribution >= 0.6 is 15.9 Å². The summed E-state index contributed by atoms with van der Waals surface area (Å²) in [5.41, 5.74) is 7.20. The Morgan fingerprint density at radius 3 is 2.67 bits per heavy atom. The SMILES string of the molecule is C[C@@H]1CN(C(CN)c2cc(Br)c3c(c2)OCO3)C[C@H](C)O1. The fraction of sp³-hybridized carbons (Fsp3) is 0.600. The van der Waals surface area contributed by atoms with Crippen molar-refractivity contribution in [2.45, 2.75) is 32.1 Å². The predicted molar refractivity (Wildman–Crippen MR) is 83.6 cm³/mol. The highest BCUT2D eigenvalue weighted by Gasteiger charge is 2.30. The first-order chi connectivity index (χ1) is 10.1. The first-order valence-electron chi connectivity index (χ1n) is 7.27. The van der Waals surface area contributed by atoms with Gasteiger partial charge in [0.05, 0.1) is 16.7 Å². The Hall–Kier alpha value is -0.820. The van der Waals surface area contributed by atoms with Gasteiger partial charge in [-0.1, -0.05) is 0 Å². The molecule has 5 nitrogen and oxygen atoms in total. The van der Waals surface area contributed by atoms with E-state index in [4.69, 9.17) is 19.9 Å². The largest absolute Gasteiger partial charge is 0.454 e. The van der Waals surface area contributed by atoms with Crippen LogP contribution in [-0.4, -0.2) is 43.5 Å². The lowest BCUT2D eigenvalue weighted by Crippen LogP contribution is -2.48. The van der Waals surface area contributed by atoms with Gasteiger partial charge in [-0.25, -0.2) is 0 Å². The van der Waals surface area contributed by atoms with Crippen molar-refractivity contribution in [1.82, 2.24) is 4.90 Å². The highest BCUT2D eigenvalue weighted by atomic mass is 79.9. The first kappa shape index (κ1) is 15.1. The van der Waals surface area contributed by atoms with Crippen LogP contribution in [0, 0.1) is 0 Å². The van der Waals surface area contributed by atoms with Crippen molar-refractivity contribution >= 4 is 15.9 Å². The summed E-state index contributed by atoms with van der Waals surface area (Å²) in [7, 11) is 0. The average Bonchev–Trinajstić information content (AvgIpc) is 2.87. The van der Waals surface area contributed by atoms with Gasteiger partial charge in [-0.05, 0) is 47.5 Å². The lowest BCUT2D eigenvalue weighted by atomic mass is 10.0.